The summed E-state index contributed by atoms with van der Waals surface area (Å²) in [4.78, 5) is 11.6. The van der Waals surface area contributed by atoms with E-state index in [0.29, 0.717) is 24.1 Å². The van der Waals surface area contributed by atoms with Gasteiger partial charge in [-0.3, -0.25) is 4.90 Å². The number of hydrogen-bond acceptors (Lipinski definition) is 9. The maximum atomic E-state index is 12.7. The fourth-order valence-corrected chi connectivity index (χ4v) is 5.42. The third-order valence-electron chi connectivity index (χ3n) is 5.82. The normalized spacial score (nSPS) is 14.7. The molecule has 1 saturated heterocycles. The van der Waals surface area contributed by atoms with Gasteiger partial charge >= 0.3 is 0 Å². The van der Waals surface area contributed by atoms with E-state index in [9.17, 15) is 8.42 Å². The highest BCUT2D eigenvalue weighted by Gasteiger charge is 2.22. The molecule has 0 saturated carbocycles. The van der Waals surface area contributed by atoms with Gasteiger partial charge in [0.05, 0.1) is 4.90 Å². The maximum absolute atomic E-state index is 12.7. The SMILES string of the molecule is Cc1cnc(Nc2ccc(OCCN3CCNCC3)cc2)nc1Nc1cccc(S(=O)(=O)NC(C)(C)C)c1. The van der Waals surface area contributed by atoms with Crippen molar-refractivity contribution in [3.05, 3.63) is 60.3 Å². The fraction of sp³-hybridized carbons (Fsp3) is 0.407. The van der Waals surface area contributed by atoms with Gasteiger partial charge in [0.1, 0.15) is 18.2 Å². The molecule has 11 heteroatoms. The lowest BCUT2D eigenvalue weighted by molar-refractivity contribution is 0.191. The fourth-order valence-electron chi connectivity index (χ4n) is 3.96. The molecule has 1 fully saturated rings. The summed E-state index contributed by atoms with van der Waals surface area (Å²) in [6.45, 7) is 13.0. The Morgan fingerprint density at radius 3 is 2.47 bits per heavy atom. The number of benzene rings is 2. The monoisotopic (exact) mass is 539 g/mol. The summed E-state index contributed by atoms with van der Waals surface area (Å²) in [5.41, 5.74) is 1.68. The van der Waals surface area contributed by atoms with Crippen LogP contribution in [0, 0.1) is 6.92 Å². The molecule has 1 aromatic heterocycles. The summed E-state index contributed by atoms with van der Waals surface area (Å²) in [6, 6.07) is 14.3. The molecule has 0 unspecified atom stereocenters. The molecular weight excluding hydrogens is 502 g/mol. The van der Waals surface area contributed by atoms with E-state index in [4.69, 9.17) is 4.74 Å². The number of hydrogen-bond donors (Lipinski definition) is 4. The molecule has 0 spiro atoms. The minimum Gasteiger partial charge on any atom is -0.492 e. The number of piperazine rings is 1. The van der Waals surface area contributed by atoms with E-state index >= 15 is 0 Å². The largest absolute Gasteiger partial charge is 0.492 e. The molecule has 10 nitrogen and oxygen atoms in total. The molecule has 2 aromatic carbocycles. The van der Waals surface area contributed by atoms with Gasteiger partial charge in [-0.05, 0) is 70.2 Å². The number of aryl methyl sites for hydroxylation is 1. The summed E-state index contributed by atoms with van der Waals surface area (Å²) < 4.78 is 34.1. The highest BCUT2D eigenvalue weighted by atomic mass is 32.2. The van der Waals surface area contributed by atoms with Gasteiger partial charge in [0.15, 0.2) is 0 Å². The van der Waals surface area contributed by atoms with Crippen LogP contribution >= 0.6 is 0 Å². The predicted molar refractivity (Wildman–Crippen MR) is 151 cm³/mol. The zero-order valence-corrected chi connectivity index (χ0v) is 23.2. The Hall–Kier alpha value is -3.25. The van der Waals surface area contributed by atoms with Crippen molar-refractivity contribution in [2.24, 2.45) is 0 Å². The van der Waals surface area contributed by atoms with Crippen molar-refractivity contribution in [1.82, 2.24) is 24.9 Å². The van der Waals surface area contributed by atoms with Crippen LogP contribution in [0.25, 0.3) is 0 Å². The van der Waals surface area contributed by atoms with Crippen molar-refractivity contribution in [1.29, 1.82) is 0 Å². The summed E-state index contributed by atoms with van der Waals surface area (Å²) in [5.74, 6) is 1.81. The van der Waals surface area contributed by atoms with Crippen molar-refractivity contribution < 1.29 is 13.2 Å². The molecule has 0 atom stereocenters. The highest BCUT2D eigenvalue weighted by molar-refractivity contribution is 7.89. The Morgan fingerprint density at radius 2 is 1.76 bits per heavy atom. The van der Waals surface area contributed by atoms with Crippen LogP contribution in [0.3, 0.4) is 0 Å². The summed E-state index contributed by atoms with van der Waals surface area (Å²) in [6.07, 6.45) is 1.72. The van der Waals surface area contributed by atoms with Crippen molar-refractivity contribution in [2.75, 3.05) is 50.0 Å². The van der Waals surface area contributed by atoms with Crippen molar-refractivity contribution in [2.45, 2.75) is 38.1 Å². The average molecular weight is 540 g/mol. The lowest BCUT2D eigenvalue weighted by atomic mass is 10.1. The van der Waals surface area contributed by atoms with Crippen LogP contribution in [-0.4, -0.2) is 68.2 Å². The lowest BCUT2D eigenvalue weighted by Crippen LogP contribution is -2.44. The maximum Gasteiger partial charge on any atom is 0.241 e. The first-order valence-corrected chi connectivity index (χ1v) is 14.2. The summed E-state index contributed by atoms with van der Waals surface area (Å²) in [5, 5.41) is 9.79. The third kappa shape index (κ3) is 8.12. The number of rotatable bonds is 10. The molecule has 204 valence electrons. The second kappa shape index (κ2) is 12.1. The molecular formula is C27H37N7O3S. The summed E-state index contributed by atoms with van der Waals surface area (Å²) >= 11 is 0. The lowest BCUT2D eigenvalue weighted by Gasteiger charge is -2.26. The van der Waals surface area contributed by atoms with Gasteiger partial charge in [-0.25, -0.2) is 18.1 Å². The van der Waals surface area contributed by atoms with E-state index in [0.717, 1.165) is 49.7 Å². The van der Waals surface area contributed by atoms with Crippen molar-refractivity contribution in [3.63, 3.8) is 0 Å². The molecule has 4 rings (SSSR count). The van der Waals surface area contributed by atoms with E-state index in [1.807, 2.05) is 31.2 Å². The molecule has 38 heavy (non-hydrogen) atoms. The Balaban J connectivity index is 1.38. The molecule has 1 aliphatic rings. The van der Waals surface area contributed by atoms with E-state index in [1.165, 1.54) is 0 Å². The first-order chi connectivity index (χ1) is 18.1. The topological polar surface area (TPSA) is 121 Å². The first kappa shape index (κ1) is 27.8. The average Bonchev–Trinajstić information content (AvgIpc) is 2.87. The first-order valence-electron chi connectivity index (χ1n) is 12.8. The zero-order chi connectivity index (χ0) is 27.2. The second-order valence-electron chi connectivity index (χ2n) is 10.3. The third-order valence-corrected chi connectivity index (χ3v) is 7.57. The van der Waals surface area contributed by atoms with E-state index < -0.39 is 15.6 Å². The Morgan fingerprint density at radius 1 is 1.03 bits per heavy atom. The number of sulfonamides is 1. The molecule has 4 N–H and O–H groups in total. The Bertz CT molecular complexity index is 1320. The van der Waals surface area contributed by atoms with Crippen LogP contribution in [0.5, 0.6) is 5.75 Å². The van der Waals surface area contributed by atoms with Gasteiger partial charge in [-0.15, -0.1) is 0 Å². The van der Waals surface area contributed by atoms with E-state index in [-0.39, 0.29) is 4.90 Å². The van der Waals surface area contributed by atoms with Crippen LogP contribution < -0.4 is 25.4 Å². The smallest absolute Gasteiger partial charge is 0.241 e. The van der Waals surface area contributed by atoms with Crippen LogP contribution in [0.4, 0.5) is 23.1 Å². The number of nitrogens with one attached hydrogen (secondary N) is 4. The Kier molecular flexibility index (Phi) is 8.83. The van der Waals surface area contributed by atoms with Gasteiger partial charge in [-0.2, -0.15) is 4.98 Å². The predicted octanol–water partition coefficient (Wildman–Crippen LogP) is 3.63. The van der Waals surface area contributed by atoms with Gasteiger partial charge in [0.2, 0.25) is 16.0 Å². The van der Waals surface area contributed by atoms with Gasteiger partial charge in [0, 0.05) is 61.4 Å². The molecule has 3 aromatic rings. The number of aromatic nitrogens is 2. The second-order valence-corrected chi connectivity index (χ2v) is 12.0. The minimum absolute atomic E-state index is 0.178. The Labute approximate surface area is 225 Å². The van der Waals surface area contributed by atoms with Crippen molar-refractivity contribution >= 4 is 33.2 Å². The van der Waals surface area contributed by atoms with Crippen LogP contribution in [0.1, 0.15) is 26.3 Å². The summed E-state index contributed by atoms with van der Waals surface area (Å²) in [7, 11) is -3.66. The number of nitrogens with zero attached hydrogens (tertiary/aromatic N) is 3. The molecule has 0 amide bonds. The standard InChI is InChI=1S/C27H37N7O3S/c1-20-19-29-26(31-21-8-10-23(11-9-21)37-17-16-34-14-12-28-13-15-34)32-25(20)30-22-6-5-7-24(18-22)38(35,36)33-27(2,3)4/h5-11,18-19,28,33H,12-17H2,1-4H3,(H2,29,30,31,32). The molecule has 0 aliphatic carbocycles. The van der Waals surface area contributed by atoms with Crippen LogP contribution in [0.2, 0.25) is 0 Å². The highest BCUT2D eigenvalue weighted by Crippen LogP contribution is 2.24. The van der Waals surface area contributed by atoms with E-state index in [1.54, 1.807) is 51.2 Å². The number of anilines is 4. The minimum atomic E-state index is -3.66. The van der Waals surface area contributed by atoms with Gasteiger partial charge in [0.25, 0.3) is 0 Å². The molecule has 1 aliphatic heterocycles. The van der Waals surface area contributed by atoms with Crippen LogP contribution in [-0.2, 0) is 10.0 Å². The molecule has 2 heterocycles. The quantitative estimate of drug-likeness (QED) is 0.306. The molecule has 0 bridgehead atoms. The zero-order valence-electron chi connectivity index (χ0n) is 22.4. The van der Waals surface area contributed by atoms with Gasteiger partial charge < -0.3 is 20.7 Å². The number of ether oxygens (including phenoxy) is 1. The molecule has 0 radical (unpaired) electrons. The van der Waals surface area contributed by atoms with Crippen LogP contribution in [0.15, 0.2) is 59.6 Å². The van der Waals surface area contributed by atoms with E-state index in [2.05, 4.69) is 35.5 Å². The van der Waals surface area contributed by atoms with Crippen molar-refractivity contribution in [3.8, 4) is 5.75 Å². The van der Waals surface area contributed by atoms with Gasteiger partial charge in [-0.1, -0.05) is 6.07 Å².